The van der Waals surface area contributed by atoms with E-state index in [1.807, 2.05) is 24.3 Å². The first-order chi connectivity index (χ1) is 9.77. The highest BCUT2D eigenvalue weighted by Crippen LogP contribution is 2.21. The van der Waals surface area contributed by atoms with Crippen LogP contribution in [-0.4, -0.2) is 44.7 Å². The van der Waals surface area contributed by atoms with E-state index < -0.39 is 6.10 Å². The zero-order valence-corrected chi connectivity index (χ0v) is 11.9. The number of nitrogens with one attached hydrogen (secondary N) is 1. The molecule has 0 bridgehead atoms. The molecular weight excluding hydrogens is 257 g/mol. The van der Waals surface area contributed by atoms with Crippen molar-refractivity contribution in [3.8, 4) is 5.75 Å². The van der Waals surface area contributed by atoms with Crippen molar-refractivity contribution >= 4 is 7.62 Å². The van der Waals surface area contributed by atoms with Crippen molar-refractivity contribution in [2.24, 2.45) is 0 Å². The Labute approximate surface area is 121 Å². The third-order valence-corrected chi connectivity index (χ3v) is 2.83. The SMILES string of the molecule is CO[B]NCCC(O)c1cccc(OCCCCO)c1. The van der Waals surface area contributed by atoms with Gasteiger partial charge in [-0.05, 0) is 43.5 Å². The van der Waals surface area contributed by atoms with Crippen molar-refractivity contribution in [3.05, 3.63) is 29.8 Å². The van der Waals surface area contributed by atoms with Crippen LogP contribution < -0.4 is 9.96 Å². The number of rotatable bonds is 11. The van der Waals surface area contributed by atoms with Crippen molar-refractivity contribution in [3.63, 3.8) is 0 Å². The van der Waals surface area contributed by atoms with E-state index >= 15 is 0 Å². The molecule has 1 radical (unpaired) electrons. The highest BCUT2D eigenvalue weighted by Gasteiger charge is 2.08. The van der Waals surface area contributed by atoms with Gasteiger partial charge in [-0.1, -0.05) is 12.1 Å². The summed E-state index contributed by atoms with van der Waals surface area (Å²) in [5.74, 6) is 0.746. The Morgan fingerprint density at radius 3 is 2.95 bits per heavy atom. The first-order valence-corrected chi connectivity index (χ1v) is 6.87. The molecule has 0 aromatic heterocycles. The lowest BCUT2D eigenvalue weighted by Crippen LogP contribution is -2.23. The zero-order valence-electron chi connectivity index (χ0n) is 11.9. The number of hydrogen-bond donors (Lipinski definition) is 3. The summed E-state index contributed by atoms with van der Waals surface area (Å²) in [4.78, 5) is 0. The molecular formula is C14H23BNO4. The minimum atomic E-state index is -0.534. The van der Waals surface area contributed by atoms with E-state index in [0.29, 0.717) is 19.6 Å². The molecule has 1 aromatic rings. The van der Waals surface area contributed by atoms with Gasteiger partial charge in [0.05, 0.1) is 12.7 Å². The second kappa shape index (κ2) is 10.7. The summed E-state index contributed by atoms with van der Waals surface area (Å²) in [6.45, 7) is 1.40. The molecule has 0 aliphatic carbocycles. The Kier molecular flexibility index (Phi) is 9.07. The van der Waals surface area contributed by atoms with Crippen LogP contribution in [0.25, 0.3) is 0 Å². The maximum atomic E-state index is 10.1. The summed E-state index contributed by atoms with van der Waals surface area (Å²) in [6, 6.07) is 7.47. The Hall–Kier alpha value is -1.08. The molecule has 1 atom stereocenters. The second-order valence-corrected chi connectivity index (χ2v) is 4.46. The molecule has 1 aromatic carbocycles. The minimum Gasteiger partial charge on any atom is -0.494 e. The normalized spacial score (nSPS) is 12.2. The van der Waals surface area contributed by atoms with Gasteiger partial charge in [-0.2, -0.15) is 0 Å². The van der Waals surface area contributed by atoms with Gasteiger partial charge in [0, 0.05) is 13.7 Å². The van der Waals surface area contributed by atoms with Gasteiger partial charge in [0.1, 0.15) is 5.75 Å². The predicted molar refractivity (Wildman–Crippen MR) is 78.6 cm³/mol. The molecule has 0 fully saturated rings. The van der Waals surface area contributed by atoms with E-state index in [-0.39, 0.29) is 6.61 Å². The standard InChI is InChI=1S/C14H23BNO4/c1-19-15-16-8-7-14(18)12-5-4-6-13(11-12)20-10-3-2-9-17/h4-6,11,14,16-18H,2-3,7-10H2,1H3. The van der Waals surface area contributed by atoms with Gasteiger partial charge in [0.25, 0.3) is 0 Å². The Bertz CT molecular complexity index is 365. The number of unbranched alkanes of at least 4 members (excludes halogenated alkanes) is 1. The third-order valence-electron chi connectivity index (χ3n) is 2.83. The second-order valence-electron chi connectivity index (χ2n) is 4.46. The van der Waals surface area contributed by atoms with Crippen molar-refractivity contribution < 1.29 is 19.6 Å². The van der Waals surface area contributed by atoms with E-state index in [2.05, 4.69) is 5.23 Å². The number of benzene rings is 1. The molecule has 0 heterocycles. The molecule has 0 saturated carbocycles. The maximum Gasteiger partial charge on any atom is 0.395 e. The van der Waals surface area contributed by atoms with Crippen LogP contribution in [0.4, 0.5) is 0 Å². The zero-order chi connectivity index (χ0) is 14.6. The van der Waals surface area contributed by atoms with Crippen molar-refractivity contribution in [2.45, 2.75) is 25.4 Å². The molecule has 3 N–H and O–H groups in total. The van der Waals surface area contributed by atoms with Gasteiger partial charge in [-0.25, -0.2) is 0 Å². The molecule has 1 unspecified atom stereocenters. The number of aliphatic hydroxyl groups is 2. The quantitative estimate of drug-likeness (QED) is 0.417. The Morgan fingerprint density at radius 2 is 2.20 bits per heavy atom. The van der Waals surface area contributed by atoms with E-state index in [4.69, 9.17) is 14.5 Å². The van der Waals surface area contributed by atoms with Crippen LogP contribution in [0.3, 0.4) is 0 Å². The summed E-state index contributed by atoms with van der Waals surface area (Å²) in [7, 11) is 3.06. The fraction of sp³-hybridized carbons (Fsp3) is 0.571. The van der Waals surface area contributed by atoms with Crippen LogP contribution in [-0.2, 0) is 4.65 Å². The highest BCUT2D eigenvalue weighted by molar-refractivity contribution is 6.23. The average molecular weight is 280 g/mol. The van der Waals surface area contributed by atoms with E-state index in [1.54, 1.807) is 7.11 Å². The van der Waals surface area contributed by atoms with Crippen LogP contribution in [0, 0.1) is 0 Å². The summed E-state index contributed by atoms with van der Waals surface area (Å²) < 4.78 is 10.3. The molecule has 0 aliphatic heterocycles. The van der Waals surface area contributed by atoms with E-state index in [1.165, 1.54) is 7.62 Å². The summed E-state index contributed by atoms with van der Waals surface area (Å²) in [5, 5.41) is 21.7. The molecule has 111 valence electrons. The molecule has 5 nitrogen and oxygen atoms in total. The molecule has 6 heteroatoms. The van der Waals surface area contributed by atoms with Crippen molar-refractivity contribution in [1.82, 2.24) is 5.23 Å². The smallest absolute Gasteiger partial charge is 0.395 e. The predicted octanol–water partition coefficient (Wildman–Crippen LogP) is 1.03. The van der Waals surface area contributed by atoms with Gasteiger partial charge in [0.2, 0.25) is 0 Å². The van der Waals surface area contributed by atoms with Gasteiger partial charge >= 0.3 is 7.62 Å². The lowest BCUT2D eigenvalue weighted by Gasteiger charge is -2.13. The molecule has 0 amide bonds. The minimum absolute atomic E-state index is 0.188. The van der Waals surface area contributed by atoms with Crippen LogP contribution in [0.15, 0.2) is 24.3 Å². The van der Waals surface area contributed by atoms with Gasteiger partial charge in [-0.3, -0.25) is 0 Å². The molecule has 20 heavy (non-hydrogen) atoms. The summed E-state index contributed by atoms with van der Waals surface area (Å²) in [5.41, 5.74) is 0.837. The van der Waals surface area contributed by atoms with Gasteiger partial charge < -0.3 is 24.8 Å². The first-order valence-electron chi connectivity index (χ1n) is 6.87. The third kappa shape index (κ3) is 6.91. The molecule has 0 spiro atoms. The largest absolute Gasteiger partial charge is 0.494 e. The van der Waals surface area contributed by atoms with Gasteiger partial charge in [-0.15, -0.1) is 0 Å². The number of ether oxygens (including phenoxy) is 1. The first kappa shape index (κ1) is 17.0. The monoisotopic (exact) mass is 280 g/mol. The number of hydrogen-bond acceptors (Lipinski definition) is 5. The fourth-order valence-corrected chi connectivity index (χ4v) is 1.74. The van der Waals surface area contributed by atoms with Crippen LogP contribution in [0.2, 0.25) is 0 Å². The van der Waals surface area contributed by atoms with Crippen LogP contribution >= 0.6 is 0 Å². The van der Waals surface area contributed by atoms with E-state index in [9.17, 15) is 5.11 Å². The lowest BCUT2D eigenvalue weighted by molar-refractivity contribution is 0.168. The average Bonchev–Trinajstić information content (AvgIpc) is 2.48. The summed E-state index contributed by atoms with van der Waals surface area (Å²) in [6.07, 6.45) is 1.62. The summed E-state index contributed by atoms with van der Waals surface area (Å²) >= 11 is 0. The van der Waals surface area contributed by atoms with Crippen molar-refractivity contribution in [1.29, 1.82) is 0 Å². The Morgan fingerprint density at radius 1 is 1.35 bits per heavy atom. The fourth-order valence-electron chi connectivity index (χ4n) is 1.74. The number of aliphatic hydroxyl groups excluding tert-OH is 2. The Balaban J connectivity index is 2.37. The van der Waals surface area contributed by atoms with Crippen LogP contribution in [0.5, 0.6) is 5.75 Å². The topological polar surface area (TPSA) is 71.0 Å². The van der Waals surface area contributed by atoms with Crippen molar-refractivity contribution in [2.75, 3.05) is 26.9 Å². The molecule has 0 aliphatic rings. The lowest BCUT2D eigenvalue weighted by atomic mass is 10.1. The van der Waals surface area contributed by atoms with E-state index in [0.717, 1.165) is 24.2 Å². The molecule has 1 rings (SSSR count). The van der Waals surface area contributed by atoms with Gasteiger partial charge in [0.15, 0.2) is 0 Å². The highest BCUT2D eigenvalue weighted by atomic mass is 16.5. The molecule has 0 saturated heterocycles. The van der Waals surface area contributed by atoms with Crippen LogP contribution in [0.1, 0.15) is 30.9 Å². The maximum absolute atomic E-state index is 10.1.